The van der Waals surface area contributed by atoms with Crippen LogP contribution in [0.3, 0.4) is 0 Å². The Kier molecular flexibility index (Phi) is 7.11. The summed E-state index contributed by atoms with van der Waals surface area (Å²) in [5.74, 6) is 0.207. The van der Waals surface area contributed by atoms with Gasteiger partial charge in [-0.15, -0.1) is 0 Å². The maximum absolute atomic E-state index is 13.5. The lowest BCUT2D eigenvalue weighted by Gasteiger charge is -2.41. The van der Waals surface area contributed by atoms with Crippen LogP contribution in [0.25, 0.3) is 10.9 Å². The number of methoxy groups -OCH3 is 1. The molecule has 3 aliphatic heterocycles. The number of nitrogens with zero attached hydrogens (tertiary/aromatic N) is 5. The largest absolute Gasteiger partial charge is 0.497 e. The summed E-state index contributed by atoms with van der Waals surface area (Å²) < 4.78 is 32.9. The normalized spacial score (nSPS) is 25.0. The highest BCUT2D eigenvalue weighted by Crippen LogP contribution is 2.36. The Labute approximate surface area is 209 Å². The van der Waals surface area contributed by atoms with Gasteiger partial charge in [0.1, 0.15) is 5.75 Å². The molecule has 3 aliphatic rings. The molecule has 4 heterocycles. The molecular weight excluding hydrogens is 470 g/mol. The number of hydrogen-bond acceptors (Lipinski definition) is 6. The van der Waals surface area contributed by atoms with E-state index in [4.69, 9.17) is 4.74 Å². The molecule has 2 aromatic rings. The van der Waals surface area contributed by atoms with Gasteiger partial charge in [0, 0.05) is 69.7 Å². The Morgan fingerprint density at radius 1 is 1.11 bits per heavy atom. The van der Waals surface area contributed by atoms with Gasteiger partial charge in [0.15, 0.2) is 5.69 Å². The minimum atomic E-state index is -2.84. The SMILES string of the molecule is COc1ccc2c(c1)c(C(=O)N[C@@H]1C[C@H]3CC[C@@H](C1)N3CCN1CCN(C(C)=O)CC1)nn2C(F)F. The van der Waals surface area contributed by atoms with E-state index >= 15 is 0 Å². The van der Waals surface area contributed by atoms with Gasteiger partial charge in [0.2, 0.25) is 5.91 Å². The van der Waals surface area contributed by atoms with Crippen molar-refractivity contribution in [3.8, 4) is 5.75 Å². The van der Waals surface area contributed by atoms with Crippen LogP contribution in [0.4, 0.5) is 8.78 Å². The zero-order valence-electron chi connectivity index (χ0n) is 20.8. The van der Waals surface area contributed by atoms with E-state index in [9.17, 15) is 18.4 Å². The third kappa shape index (κ3) is 4.90. The first-order valence-electron chi connectivity index (χ1n) is 12.7. The molecule has 0 unspecified atom stereocenters. The van der Waals surface area contributed by atoms with Gasteiger partial charge in [-0.3, -0.25) is 19.4 Å². The van der Waals surface area contributed by atoms with Crippen LogP contribution >= 0.6 is 0 Å². The number of amides is 2. The van der Waals surface area contributed by atoms with Gasteiger partial charge in [-0.1, -0.05) is 0 Å². The minimum absolute atomic E-state index is 0.00341. The second kappa shape index (κ2) is 10.3. The Bertz CT molecular complexity index is 1100. The van der Waals surface area contributed by atoms with Gasteiger partial charge in [-0.25, -0.2) is 4.68 Å². The van der Waals surface area contributed by atoms with Crippen molar-refractivity contribution >= 4 is 22.7 Å². The number of rotatable bonds is 7. The fourth-order valence-corrected chi connectivity index (χ4v) is 6.12. The quantitative estimate of drug-likeness (QED) is 0.623. The first-order valence-corrected chi connectivity index (χ1v) is 12.7. The standard InChI is InChI=1S/C25H34F2N6O3/c1-16(34)31-10-7-30(8-11-31)9-12-32-18-3-4-19(32)14-17(13-18)28-24(35)23-21-15-20(36-2)5-6-22(21)33(29-23)25(26)27/h5-6,15,17-19,25H,3-4,7-14H2,1-2H3,(H,28,35)/t17-,18-,19+. The van der Waals surface area contributed by atoms with Gasteiger partial charge in [-0.05, 0) is 43.9 Å². The molecular formula is C25H34F2N6O3. The number of piperidine rings is 1. The molecule has 3 saturated heterocycles. The molecule has 11 heteroatoms. The fraction of sp³-hybridized carbons (Fsp3) is 0.640. The Balaban J connectivity index is 1.20. The fourth-order valence-electron chi connectivity index (χ4n) is 6.12. The third-order valence-electron chi connectivity index (χ3n) is 8.02. The van der Waals surface area contributed by atoms with Crippen LogP contribution in [-0.4, -0.2) is 101 Å². The van der Waals surface area contributed by atoms with E-state index in [2.05, 4.69) is 20.2 Å². The second-order valence-electron chi connectivity index (χ2n) is 10.1. The first kappa shape index (κ1) is 24.9. The zero-order valence-corrected chi connectivity index (χ0v) is 20.8. The highest BCUT2D eigenvalue weighted by Gasteiger charge is 2.41. The van der Waals surface area contributed by atoms with Crippen molar-refractivity contribution in [2.45, 2.75) is 57.3 Å². The molecule has 2 bridgehead atoms. The molecule has 0 radical (unpaired) electrons. The summed E-state index contributed by atoms with van der Waals surface area (Å²) in [5.41, 5.74) is 0.207. The van der Waals surface area contributed by atoms with Crippen LogP contribution in [-0.2, 0) is 4.79 Å². The summed E-state index contributed by atoms with van der Waals surface area (Å²) in [6, 6.07) is 5.47. The molecule has 5 rings (SSSR count). The van der Waals surface area contributed by atoms with Gasteiger partial charge in [-0.2, -0.15) is 13.9 Å². The minimum Gasteiger partial charge on any atom is -0.497 e. The Morgan fingerprint density at radius 3 is 2.42 bits per heavy atom. The average Bonchev–Trinajstić information content (AvgIpc) is 3.36. The van der Waals surface area contributed by atoms with E-state index in [1.54, 1.807) is 19.1 Å². The summed E-state index contributed by atoms with van der Waals surface area (Å²) in [4.78, 5) is 31.6. The smallest absolute Gasteiger partial charge is 0.333 e. The van der Waals surface area contributed by atoms with Crippen LogP contribution in [0.5, 0.6) is 5.75 Å². The monoisotopic (exact) mass is 504 g/mol. The van der Waals surface area contributed by atoms with Crippen molar-refractivity contribution in [3.63, 3.8) is 0 Å². The number of benzene rings is 1. The number of alkyl halides is 2. The molecule has 0 saturated carbocycles. The Morgan fingerprint density at radius 2 is 1.81 bits per heavy atom. The number of fused-ring (bicyclic) bond motifs is 3. The molecule has 3 fully saturated rings. The lowest BCUT2D eigenvalue weighted by atomic mass is 9.97. The van der Waals surface area contributed by atoms with Crippen LogP contribution in [0.15, 0.2) is 18.2 Å². The first-order chi connectivity index (χ1) is 17.3. The van der Waals surface area contributed by atoms with Crippen molar-refractivity contribution in [1.82, 2.24) is 29.8 Å². The predicted molar refractivity (Wildman–Crippen MR) is 130 cm³/mol. The zero-order chi connectivity index (χ0) is 25.4. The van der Waals surface area contributed by atoms with Crippen LogP contribution in [0.2, 0.25) is 0 Å². The topological polar surface area (TPSA) is 82.9 Å². The molecule has 36 heavy (non-hydrogen) atoms. The van der Waals surface area contributed by atoms with E-state index < -0.39 is 12.5 Å². The van der Waals surface area contributed by atoms with Gasteiger partial charge >= 0.3 is 6.55 Å². The lowest BCUT2D eigenvalue weighted by Crippen LogP contribution is -2.54. The van der Waals surface area contributed by atoms with Crippen LogP contribution < -0.4 is 10.1 Å². The summed E-state index contributed by atoms with van der Waals surface area (Å²) in [5, 5.41) is 7.40. The number of ether oxygens (including phenoxy) is 1. The summed E-state index contributed by atoms with van der Waals surface area (Å²) in [6.45, 7) is 4.15. The second-order valence-corrected chi connectivity index (χ2v) is 10.1. The van der Waals surface area contributed by atoms with E-state index in [0.29, 0.717) is 27.9 Å². The molecule has 196 valence electrons. The number of halogens is 2. The highest BCUT2D eigenvalue weighted by molar-refractivity contribution is 6.05. The van der Waals surface area contributed by atoms with Crippen molar-refractivity contribution in [3.05, 3.63) is 23.9 Å². The lowest BCUT2D eigenvalue weighted by molar-refractivity contribution is -0.130. The number of carbonyl (C=O) groups is 2. The molecule has 9 nitrogen and oxygen atoms in total. The number of hydrogen-bond donors (Lipinski definition) is 1. The average molecular weight is 505 g/mol. The van der Waals surface area contributed by atoms with Gasteiger partial charge < -0.3 is 15.0 Å². The molecule has 1 aromatic heterocycles. The molecule has 3 atom stereocenters. The molecule has 2 amide bonds. The highest BCUT2D eigenvalue weighted by atomic mass is 19.3. The Hall–Kier alpha value is -2.79. The summed E-state index contributed by atoms with van der Waals surface area (Å²) >= 11 is 0. The van der Waals surface area contributed by atoms with Gasteiger partial charge in [0.25, 0.3) is 5.91 Å². The maximum Gasteiger partial charge on any atom is 0.333 e. The van der Waals surface area contributed by atoms with E-state index in [1.165, 1.54) is 13.2 Å². The van der Waals surface area contributed by atoms with Crippen molar-refractivity contribution < 1.29 is 23.1 Å². The molecule has 1 N–H and O–H groups in total. The van der Waals surface area contributed by atoms with E-state index in [-0.39, 0.29) is 23.2 Å². The number of nitrogens with one attached hydrogen (secondary N) is 1. The van der Waals surface area contributed by atoms with Crippen LogP contribution in [0, 0.1) is 0 Å². The number of piperazine rings is 1. The predicted octanol–water partition coefficient (Wildman–Crippen LogP) is 2.33. The van der Waals surface area contributed by atoms with E-state index in [0.717, 1.165) is 65.0 Å². The maximum atomic E-state index is 13.5. The van der Waals surface area contributed by atoms with Gasteiger partial charge in [0.05, 0.1) is 12.6 Å². The summed E-state index contributed by atoms with van der Waals surface area (Å²) in [7, 11) is 1.49. The molecule has 0 aliphatic carbocycles. The van der Waals surface area contributed by atoms with Crippen molar-refractivity contribution in [2.75, 3.05) is 46.4 Å². The van der Waals surface area contributed by atoms with Crippen LogP contribution in [0.1, 0.15) is 49.6 Å². The third-order valence-corrected chi connectivity index (χ3v) is 8.02. The van der Waals surface area contributed by atoms with Crippen molar-refractivity contribution in [2.24, 2.45) is 0 Å². The molecule has 1 aromatic carbocycles. The summed E-state index contributed by atoms with van der Waals surface area (Å²) in [6.07, 6.45) is 3.90. The number of carbonyl (C=O) groups excluding carboxylic acids is 2. The molecule has 0 spiro atoms. The van der Waals surface area contributed by atoms with Crippen molar-refractivity contribution in [1.29, 1.82) is 0 Å². The van der Waals surface area contributed by atoms with E-state index in [1.807, 2.05) is 4.90 Å². The number of aromatic nitrogens is 2.